The van der Waals surface area contributed by atoms with E-state index in [4.69, 9.17) is 0 Å². The van der Waals surface area contributed by atoms with E-state index in [1.165, 1.54) is 6.92 Å². The predicted octanol–water partition coefficient (Wildman–Crippen LogP) is 1.61. The van der Waals surface area contributed by atoms with E-state index < -0.39 is 0 Å². The van der Waals surface area contributed by atoms with Crippen molar-refractivity contribution < 1.29 is 9.59 Å². The van der Waals surface area contributed by atoms with Gasteiger partial charge < -0.3 is 14.8 Å². The Balaban J connectivity index is 2.28. The van der Waals surface area contributed by atoms with Gasteiger partial charge in [-0.25, -0.2) is 0 Å². The summed E-state index contributed by atoms with van der Waals surface area (Å²) >= 11 is 0. The van der Waals surface area contributed by atoms with Gasteiger partial charge in [-0.2, -0.15) is 0 Å². The first-order valence-electron chi connectivity index (χ1n) is 7.06. The number of nitrogens with one attached hydrogen (secondary N) is 1. The predicted molar refractivity (Wildman–Crippen MR) is 78.3 cm³/mol. The van der Waals surface area contributed by atoms with Crippen molar-refractivity contribution in [3.05, 3.63) is 22.5 Å². The van der Waals surface area contributed by atoms with Crippen LogP contribution in [0.3, 0.4) is 0 Å². The molecule has 1 amide bonds. The van der Waals surface area contributed by atoms with Crippen LogP contribution in [-0.4, -0.2) is 59.2 Å². The highest BCUT2D eigenvalue weighted by molar-refractivity contribution is 6.02. The molecule has 1 saturated heterocycles. The van der Waals surface area contributed by atoms with Crippen LogP contribution in [0.15, 0.2) is 0 Å². The summed E-state index contributed by atoms with van der Waals surface area (Å²) in [6, 6.07) is 0.279. The van der Waals surface area contributed by atoms with Crippen molar-refractivity contribution in [2.24, 2.45) is 0 Å². The first kappa shape index (κ1) is 14.8. The van der Waals surface area contributed by atoms with Crippen LogP contribution < -0.4 is 0 Å². The fraction of sp³-hybridized carbons (Fsp3) is 0.600. The summed E-state index contributed by atoms with van der Waals surface area (Å²) in [4.78, 5) is 31.5. The molecule has 5 heteroatoms. The van der Waals surface area contributed by atoms with Gasteiger partial charge in [0.15, 0.2) is 5.78 Å². The number of likely N-dealkylation sites (tertiary alicyclic amines) is 1. The lowest BCUT2D eigenvalue weighted by Gasteiger charge is -2.43. The van der Waals surface area contributed by atoms with Gasteiger partial charge in [0, 0.05) is 30.9 Å². The third kappa shape index (κ3) is 2.38. The summed E-state index contributed by atoms with van der Waals surface area (Å²) in [5, 5.41) is 0. The second-order valence-electron chi connectivity index (χ2n) is 5.65. The van der Waals surface area contributed by atoms with Crippen molar-refractivity contribution in [3.8, 4) is 0 Å². The third-order valence-electron chi connectivity index (χ3n) is 4.09. The van der Waals surface area contributed by atoms with E-state index in [0.717, 1.165) is 24.3 Å². The molecule has 2 heterocycles. The molecule has 2 rings (SSSR count). The number of amides is 1. The number of hydrogen-bond donors (Lipinski definition) is 1. The van der Waals surface area contributed by atoms with Crippen LogP contribution in [0.5, 0.6) is 0 Å². The van der Waals surface area contributed by atoms with E-state index in [2.05, 4.69) is 9.88 Å². The van der Waals surface area contributed by atoms with E-state index in [-0.39, 0.29) is 17.7 Å². The molecule has 1 N–H and O–H groups in total. The zero-order chi connectivity index (χ0) is 15.0. The van der Waals surface area contributed by atoms with Gasteiger partial charge in [-0.05, 0) is 40.3 Å². The first-order valence-corrected chi connectivity index (χ1v) is 7.06. The Kier molecular flexibility index (Phi) is 3.99. The van der Waals surface area contributed by atoms with Gasteiger partial charge in [0.25, 0.3) is 5.91 Å². The molecule has 1 aromatic rings. The van der Waals surface area contributed by atoms with Crippen LogP contribution >= 0.6 is 0 Å². The molecule has 0 aliphatic carbocycles. The zero-order valence-electron chi connectivity index (χ0n) is 12.9. The van der Waals surface area contributed by atoms with Gasteiger partial charge in [-0.1, -0.05) is 0 Å². The Hall–Kier alpha value is -1.62. The first-order chi connectivity index (χ1) is 9.36. The molecule has 0 radical (unpaired) electrons. The molecule has 1 aliphatic rings. The normalized spacial score (nSPS) is 16.1. The number of H-pyrrole nitrogens is 1. The van der Waals surface area contributed by atoms with Crippen molar-refractivity contribution in [2.45, 2.75) is 33.7 Å². The Morgan fingerprint density at radius 2 is 1.95 bits per heavy atom. The number of aryl methyl sites for hydroxylation is 1. The fourth-order valence-corrected chi connectivity index (χ4v) is 3.07. The van der Waals surface area contributed by atoms with Crippen molar-refractivity contribution in [3.63, 3.8) is 0 Å². The molecule has 0 saturated carbocycles. The smallest absolute Gasteiger partial charge is 0.270 e. The highest BCUT2D eigenvalue weighted by atomic mass is 16.2. The summed E-state index contributed by atoms with van der Waals surface area (Å²) in [5.41, 5.74) is 2.76. The minimum atomic E-state index is -0.00120. The van der Waals surface area contributed by atoms with Crippen LogP contribution in [0.4, 0.5) is 0 Å². The van der Waals surface area contributed by atoms with Crippen LogP contribution in [0.2, 0.25) is 0 Å². The number of ketones is 1. The molecule has 0 atom stereocenters. The summed E-state index contributed by atoms with van der Waals surface area (Å²) in [6.45, 7) is 9.73. The van der Waals surface area contributed by atoms with Crippen LogP contribution in [0.1, 0.15) is 46.0 Å². The lowest BCUT2D eigenvalue weighted by molar-refractivity contribution is 0.0380. The van der Waals surface area contributed by atoms with E-state index in [0.29, 0.717) is 17.8 Å². The monoisotopic (exact) mass is 277 g/mol. The average Bonchev–Trinajstić information content (AvgIpc) is 2.63. The number of Topliss-reactive ketones (excluding diaryl/α,β-unsaturated/α-hetero) is 1. The molecule has 0 unspecified atom stereocenters. The number of hydrogen-bond acceptors (Lipinski definition) is 3. The number of likely N-dealkylation sites (N-methyl/N-ethyl adjacent to an activating group) is 2. The molecule has 110 valence electrons. The van der Waals surface area contributed by atoms with Gasteiger partial charge >= 0.3 is 0 Å². The second kappa shape index (κ2) is 5.40. The molecule has 1 fully saturated rings. The Morgan fingerprint density at radius 3 is 2.35 bits per heavy atom. The Morgan fingerprint density at radius 1 is 1.35 bits per heavy atom. The molecule has 20 heavy (non-hydrogen) atoms. The van der Waals surface area contributed by atoms with Gasteiger partial charge in [0.2, 0.25) is 0 Å². The van der Waals surface area contributed by atoms with E-state index in [9.17, 15) is 9.59 Å². The van der Waals surface area contributed by atoms with Crippen molar-refractivity contribution in [2.75, 3.05) is 26.7 Å². The summed E-state index contributed by atoms with van der Waals surface area (Å²) in [6.07, 6.45) is 0. The van der Waals surface area contributed by atoms with Gasteiger partial charge in [0.1, 0.15) is 5.69 Å². The largest absolute Gasteiger partial charge is 0.354 e. The van der Waals surface area contributed by atoms with Crippen LogP contribution in [-0.2, 0) is 0 Å². The minimum absolute atomic E-state index is 0.00120. The summed E-state index contributed by atoms with van der Waals surface area (Å²) < 4.78 is 0. The summed E-state index contributed by atoms with van der Waals surface area (Å²) in [7, 11) is 2.05. The second-order valence-corrected chi connectivity index (χ2v) is 5.65. The highest BCUT2D eigenvalue weighted by Gasteiger charge is 2.33. The molecule has 5 nitrogen and oxygen atoms in total. The Bertz CT molecular complexity index is 542. The molecule has 0 aromatic carbocycles. The lowest BCUT2D eigenvalue weighted by Crippen LogP contribution is -2.59. The number of carbonyl (C=O) groups excluding carboxylic acids is 2. The molecule has 1 aromatic heterocycles. The lowest BCUT2D eigenvalue weighted by atomic mass is 10.0. The highest BCUT2D eigenvalue weighted by Crippen LogP contribution is 2.22. The molecule has 0 spiro atoms. The van der Waals surface area contributed by atoms with Gasteiger partial charge in [-0.15, -0.1) is 0 Å². The van der Waals surface area contributed by atoms with E-state index >= 15 is 0 Å². The SMILES string of the molecule is CCN(C(=O)c1[nH]c(C)c(C(C)=O)c1C)C1CN(C)C1. The maximum Gasteiger partial charge on any atom is 0.270 e. The number of aromatic nitrogens is 1. The topological polar surface area (TPSA) is 56.4 Å². The van der Waals surface area contributed by atoms with Crippen LogP contribution in [0, 0.1) is 13.8 Å². The maximum atomic E-state index is 12.7. The van der Waals surface area contributed by atoms with Crippen molar-refractivity contribution in [1.29, 1.82) is 0 Å². The van der Waals surface area contributed by atoms with E-state index in [1.807, 2.05) is 32.7 Å². The van der Waals surface area contributed by atoms with E-state index in [1.54, 1.807) is 0 Å². The quantitative estimate of drug-likeness (QED) is 0.851. The van der Waals surface area contributed by atoms with Gasteiger partial charge in [-0.3, -0.25) is 9.59 Å². The zero-order valence-corrected chi connectivity index (χ0v) is 12.9. The standard InChI is InChI=1S/C15H23N3O2/c1-6-18(12-7-17(5)8-12)15(20)14-9(2)13(11(4)19)10(3)16-14/h12,16H,6-8H2,1-5H3. The molecule has 1 aliphatic heterocycles. The number of rotatable bonds is 4. The maximum absolute atomic E-state index is 12.7. The average molecular weight is 277 g/mol. The molecular formula is C15H23N3O2. The fourth-order valence-electron chi connectivity index (χ4n) is 3.07. The minimum Gasteiger partial charge on any atom is -0.354 e. The number of nitrogens with zero attached hydrogens (tertiary/aromatic N) is 2. The van der Waals surface area contributed by atoms with Crippen LogP contribution in [0.25, 0.3) is 0 Å². The Labute approximate surface area is 119 Å². The molecular weight excluding hydrogens is 254 g/mol. The van der Waals surface area contributed by atoms with Crippen molar-refractivity contribution >= 4 is 11.7 Å². The van der Waals surface area contributed by atoms with Gasteiger partial charge in [0.05, 0.1) is 6.04 Å². The third-order valence-corrected chi connectivity index (χ3v) is 4.09. The summed E-state index contributed by atoms with van der Waals surface area (Å²) in [5.74, 6) is 0.000394. The molecule has 0 bridgehead atoms. The van der Waals surface area contributed by atoms with Crippen molar-refractivity contribution in [1.82, 2.24) is 14.8 Å². The number of aromatic amines is 1. The number of carbonyl (C=O) groups is 2.